The Bertz CT molecular complexity index is 330. The summed E-state index contributed by atoms with van der Waals surface area (Å²) in [6.07, 6.45) is 0. The van der Waals surface area contributed by atoms with E-state index in [2.05, 4.69) is 14.8 Å². The van der Waals surface area contributed by atoms with Crippen LogP contribution in [0.4, 0.5) is 0 Å². The van der Waals surface area contributed by atoms with Crippen LogP contribution in [0, 0.1) is 0 Å². The Kier molecular flexibility index (Phi) is 5.25. The van der Waals surface area contributed by atoms with Gasteiger partial charge in [0.05, 0.1) is 0 Å². The van der Waals surface area contributed by atoms with Gasteiger partial charge in [-0.25, -0.2) is 4.67 Å². The Hall–Kier alpha value is -0.0900. The van der Waals surface area contributed by atoms with Gasteiger partial charge in [-0.1, -0.05) is 0 Å². The van der Waals surface area contributed by atoms with Gasteiger partial charge in [-0.3, -0.25) is 4.57 Å². The molecule has 1 N–H and O–H groups in total. The molecule has 1 rings (SSSR count). The van der Waals surface area contributed by atoms with Gasteiger partial charge in [0.15, 0.2) is 0 Å². The molecule has 1 aliphatic heterocycles. The zero-order valence-corrected chi connectivity index (χ0v) is 11.7. The van der Waals surface area contributed by atoms with Crippen LogP contribution in [0.2, 0.25) is 0 Å². The van der Waals surface area contributed by atoms with E-state index in [1.54, 1.807) is 18.5 Å². The van der Waals surface area contributed by atoms with E-state index in [0.29, 0.717) is 36.5 Å². The highest BCUT2D eigenvalue weighted by atomic mass is 35.5. The van der Waals surface area contributed by atoms with Crippen molar-refractivity contribution in [3.8, 4) is 0 Å². The topological polar surface area (TPSA) is 57.1 Å². The van der Waals surface area contributed by atoms with E-state index >= 15 is 0 Å². The Labute approximate surface area is 105 Å². The zero-order valence-electron chi connectivity index (χ0n) is 9.28. The van der Waals surface area contributed by atoms with Gasteiger partial charge in [-0.15, -0.1) is 23.2 Å². The maximum Gasteiger partial charge on any atom is 0.375 e. The highest BCUT2D eigenvalue weighted by Gasteiger charge is 2.31. The lowest BCUT2D eigenvalue weighted by Gasteiger charge is -2.27. The molecule has 0 amide bonds. The molecule has 0 aliphatic carbocycles. The molecule has 0 aromatic rings. The molecular formula is C8H15Cl2N4OP. The predicted molar refractivity (Wildman–Crippen MR) is 70.0 cm³/mol. The summed E-state index contributed by atoms with van der Waals surface area (Å²) in [7, 11) is -3.09. The predicted octanol–water partition coefficient (Wildman–Crippen LogP) is 2.31. The number of amidine groups is 2. The summed E-state index contributed by atoms with van der Waals surface area (Å²) in [5.41, 5.74) is 0. The number of nitrogens with one attached hydrogen (secondary N) is 1. The Morgan fingerprint density at radius 1 is 1.19 bits per heavy atom. The van der Waals surface area contributed by atoms with Gasteiger partial charge in [0, 0.05) is 24.8 Å². The van der Waals surface area contributed by atoms with E-state index in [1.807, 2.05) is 0 Å². The van der Waals surface area contributed by atoms with Gasteiger partial charge >= 0.3 is 7.59 Å². The maximum absolute atomic E-state index is 12.5. The van der Waals surface area contributed by atoms with Crippen molar-refractivity contribution in [2.24, 2.45) is 9.53 Å². The van der Waals surface area contributed by atoms with Crippen LogP contribution < -0.4 is 5.32 Å². The van der Waals surface area contributed by atoms with Gasteiger partial charge in [-0.2, -0.15) is 9.53 Å². The minimum Gasteiger partial charge on any atom is -0.332 e. The molecule has 0 fully saturated rings. The van der Waals surface area contributed by atoms with Gasteiger partial charge in [0.2, 0.25) is 0 Å². The second-order valence-corrected chi connectivity index (χ2v) is 6.09. The molecule has 0 aromatic heterocycles. The molecular weight excluding hydrogens is 270 g/mol. The number of rotatable bonds is 5. The number of hydrogen-bond acceptors (Lipinski definition) is 2. The minimum absolute atomic E-state index is 0.372. The molecule has 1 aliphatic rings. The SMILES string of the molecule is CC1=NP(=O)(N(CCCl)CCCl)N=C(C)N1. The molecule has 8 heteroatoms. The van der Waals surface area contributed by atoms with Gasteiger partial charge in [0.25, 0.3) is 0 Å². The first kappa shape index (κ1) is 14.0. The van der Waals surface area contributed by atoms with Crippen molar-refractivity contribution in [2.75, 3.05) is 24.8 Å². The van der Waals surface area contributed by atoms with Crippen molar-refractivity contribution in [3.63, 3.8) is 0 Å². The Morgan fingerprint density at radius 2 is 1.62 bits per heavy atom. The monoisotopic (exact) mass is 284 g/mol. The van der Waals surface area contributed by atoms with Gasteiger partial charge in [0.1, 0.15) is 11.7 Å². The van der Waals surface area contributed by atoms with Crippen molar-refractivity contribution >= 4 is 42.5 Å². The highest BCUT2D eigenvalue weighted by Crippen LogP contribution is 2.53. The summed E-state index contributed by atoms with van der Waals surface area (Å²) in [5.74, 6) is 1.95. The fourth-order valence-corrected chi connectivity index (χ4v) is 3.96. The third-order valence-electron chi connectivity index (χ3n) is 1.98. The molecule has 0 atom stereocenters. The number of nitrogens with zero attached hydrogens (tertiary/aromatic N) is 3. The molecule has 5 nitrogen and oxygen atoms in total. The van der Waals surface area contributed by atoms with Crippen LogP contribution in [0.1, 0.15) is 13.8 Å². The van der Waals surface area contributed by atoms with Crippen molar-refractivity contribution < 1.29 is 4.57 Å². The van der Waals surface area contributed by atoms with E-state index in [1.165, 1.54) is 0 Å². The molecule has 0 radical (unpaired) electrons. The summed E-state index contributed by atoms with van der Waals surface area (Å²) in [6, 6.07) is 0. The fourth-order valence-electron chi connectivity index (χ4n) is 1.42. The molecule has 0 unspecified atom stereocenters. The van der Waals surface area contributed by atoms with E-state index in [0.717, 1.165) is 0 Å². The summed E-state index contributed by atoms with van der Waals surface area (Å²) >= 11 is 11.3. The van der Waals surface area contributed by atoms with Crippen LogP contribution in [-0.2, 0) is 4.57 Å². The number of halogens is 2. The van der Waals surface area contributed by atoms with Crippen LogP contribution in [0.3, 0.4) is 0 Å². The van der Waals surface area contributed by atoms with Crippen LogP contribution in [0.25, 0.3) is 0 Å². The first-order chi connectivity index (χ1) is 7.51. The Morgan fingerprint density at radius 3 is 2.00 bits per heavy atom. The first-order valence-corrected chi connectivity index (χ1v) is 7.53. The maximum atomic E-state index is 12.5. The van der Waals surface area contributed by atoms with Crippen molar-refractivity contribution in [1.29, 1.82) is 0 Å². The normalized spacial score (nSPS) is 19.1. The first-order valence-electron chi connectivity index (χ1n) is 4.90. The highest BCUT2D eigenvalue weighted by molar-refractivity contribution is 7.59. The molecule has 0 spiro atoms. The molecule has 0 aromatic carbocycles. The van der Waals surface area contributed by atoms with Crippen molar-refractivity contribution in [1.82, 2.24) is 9.99 Å². The standard InChI is InChI=1S/C8H15Cl2N4OP/c1-7-11-8(2)13-16(15,12-7)14(5-3-9)6-4-10/h3-6H2,1-2H3,(H,11,12,13,15). The van der Waals surface area contributed by atoms with Crippen LogP contribution in [0.5, 0.6) is 0 Å². The summed E-state index contributed by atoms with van der Waals surface area (Å²) in [4.78, 5) is 0. The molecule has 16 heavy (non-hydrogen) atoms. The van der Waals surface area contributed by atoms with E-state index < -0.39 is 7.59 Å². The zero-order chi connectivity index (χ0) is 12.2. The quantitative estimate of drug-likeness (QED) is 0.623. The minimum atomic E-state index is -3.09. The fraction of sp³-hybridized carbons (Fsp3) is 0.750. The molecule has 0 bridgehead atoms. The van der Waals surface area contributed by atoms with Gasteiger partial charge in [-0.05, 0) is 13.8 Å². The second-order valence-electron chi connectivity index (χ2n) is 3.34. The summed E-state index contributed by atoms with van der Waals surface area (Å²) in [5, 5.41) is 2.91. The average Bonchev–Trinajstić information content (AvgIpc) is 2.15. The van der Waals surface area contributed by atoms with E-state index in [9.17, 15) is 4.57 Å². The number of hydrogen-bond donors (Lipinski definition) is 1. The number of alkyl halides is 2. The summed E-state index contributed by atoms with van der Waals surface area (Å²) < 4.78 is 22.3. The van der Waals surface area contributed by atoms with E-state index in [-0.39, 0.29) is 0 Å². The van der Waals surface area contributed by atoms with Crippen molar-refractivity contribution in [3.05, 3.63) is 0 Å². The summed E-state index contributed by atoms with van der Waals surface area (Å²) in [6.45, 7) is 4.42. The lowest BCUT2D eigenvalue weighted by molar-refractivity contribution is 0.447. The van der Waals surface area contributed by atoms with Crippen LogP contribution >= 0.6 is 30.8 Å². The molecule has 0 saturated heterocycles. The largest absolute Gasteiger partial charge is 0.375 e. The molecule has 1 heterocycles. The van der Waals surface area contributed by atoms with Crippen LogP contribution in [-0.4, -0.2) is 41.2 Å². The average molecular weight is 285 g/mol. The molecule has 0 saturated carbocycles. The van der Waals surface area contributed by atoms with Crippen LogP contribution in [0.15, 0.2) is 9.53 Å². The smallest absolute Gasteiger partial charge is 0.332 e. The molecule has 92 valence electrons. The van der Waals surface area contributed by atoms with E-state index in [4.69, 9.17) is 23.2 Å². The van der Waals surface area contributed by atoms with Crippen molar-refractivity contribution in [2.45, 2.75) is 13.8 Å². The lowest BCUT2D eigenvalue weighted by Crippen LogP contribution is -2.32. The third-order valence-corrected chi connectivity index (χ3v) is 4.57. The second kappa shape index (κ2) is 6.01. The third kappa shape index (κ3) is 3.45. The van der Waals surface area contributed by atoms with Gasteiger partial charge < -0.3 is 5.32 Å². The lowest BCUT2D eigenvalue weighted by atomic mass is 10.6. The Balaban J connectivity index is 2.96.